The molecular formula is C16H13NO2. The van der Waals surface area contributed by atoms with E-state index in [2.05, 4.69) is 0 Å². The Hall–Kier alpha value is -2.55. The minimum atomic E-state index is -0.317. The number of esters is 1. The van der Waals surface area contributed by atoms with Crippen LogP contribution in [0.4, 0.5) is 0 Å². The topological polar surface area (TPSA) is 30.7 Å². The van der Waals surface area contributed by atoms with E-state index in [1.165, 1.54) is 7.11 Å². The molecule has 2 aromatic heterocycles. The van der Waals surface area contributed by atoms with Crippen LogP contribution in [0.1, 0.15) is 10.4 Å². The van der Waals surface area contributed by atoms with E-state index in [1.54, 1.807) is 0 Å². The van der Waals surface area contributed by atoms with Gasteiger partial charge in [-0.3, -0.25) is 0 Å². The van der Waals surface area contributed by atoms with Crippen molar-refractivity contribution in [2.75, 3.05) is 7.11 Å². The Balaban J connectivity index is 2.34. The number of hydrogen-bond donors (Lipinski definition) is 0. The second-order valence-corrected chi connectivity index (χ2v) is 4.27. The molecule has 0 radical (unpaired) electrons. The van der Waals surface area contributed by atoms with Crippen molar-refractivity contribution in [3.8, 4) is 11.1 Å². The van der Waals surface area contributed by atoms with Gasteiger partial charge in [0, 0.05) is 18.0 Å². The Bertz CT molecular complexity index is 729. The van der Waals surface area contributed by atoms with E-state index in [0.717, 1.165) is 16.6 Å². The molecule has 3 rings (SSSR count). The summed E-state index contributed by atoms with van der Waals surface area (Å²) in [6.45, 7) is 0. The molecule has 19 heavy (non-hydrogen) atoms. The van der Waals surface area contributed by atoms with Gasteiger partial charge in [0.05, 0.1) is 18.2 Å². The number of nitrogens with zero attached hydrogens (tertiary/aromatic N) is 1. The Kier molecular flexibility index (Phi) is 2.80. The minimum absolute atomic E-state index is 0.317. The zero-order valence-electron chi connectivity index (χ0n) is 10.5. The van der Waals surface area contributed by atoms with Gasteiger partial charge in [0.2, 0.25) is 0 Å². The summed E-state index contributed by atoms with van der Waals surface area (Å²) in [5, 5.41) is 0. The Labute approximate surface area is 111 Å². The molecule has 0 saturated heterocycles. The van der Waals surface area contributed by atoms with Crippen LogP contribution >= 0.6 is 0 Å². The molecule has 3 heteroatoms. The van der Waals surface area contributed by atoms with Crippen LogP contribution in [0.25, 0.3) is 16.6 Å². The zero-order chi connectivity index (χ0) is 13.2. The monoisotopic (exact) mass is 251 g/mol. The number of fused-ring (bicyclic) bond motifs is 1. The van der Waals surface area contributed by atoms with Crippen LogP contribution in [-0.2, 0) is 4.74 Å². The molecule has 0 saturated carbocycles. The third-order valence-corrected chi connectivity index (χ3v) is 3.15. The van der Waals surface area contributed by atoms with Crippen molar-refractivity contribution in [2.45, 2.75) is 0 Å². The van der Waals surface area contributed by atoms with Crippen LogP contribution < -0.4 is 0 Å². The molecule has 0 bridgehead atoms. The first-order valence-corrected chi connectivity index (χ1v) is 6.04. The van der Waals surface area contributed by atoms with Crippen LogP contribution in [-0.4, -0.2) is 17.5 Å². The molecule has 94 valence electrons. The lowest BCUT2D eigenvalue weighted by molar-refractivity contribution is 0.0601. The van der Waals surface area contributed by atoms with Gasteiger partial charge in [-0.05, 0) is 17.7 Å². The highest BCUT2D eigenvalue weighted by Crippen LogP contribution is 2.30. The van der Waals surface area contributed by atoms with Crippen molar-refractivity contribution in [3.63, 3.8) is 0 Å². The second-order valence-electron chi connectivity index (χ2n) is 4.27. The quantitative estimate of drug-likeness (QED) is 0.653. The van der Waals surface area contributed by atoms with Gasteiger partial charge in [-0.1, -0.05) is 36.4 Å². The van der Waals surface area contributed by atoms with E-state index >= 15 is 0 Å². The fourth-order valence-electron chi connectivity index (χ4n) is 2.30. The number of ether oxygens (including phenoxy) is 1. The average molecular weight is 251 g/mol. The van der Waals surface area contributed by atoms with E-state index in [9.17, 15) is 4.79 Å². The summed E-state index contributed by atoms with van der Waals surface area (Å²) in [6.07, 6.45) is 3.73. The van der Waals surface area contributed by atoms with E-state index in [1.807, 2.05) is 65.3 Å². The highest BCUT2D eigenvalue weighted by Gasteiger charge is 2.18. The lowest BCUT2D eigenvalue weighted by atomic mass is 10.0. The van der Waals surface area contributed by atoms with Crippen LogP contribution in [0.3, 0.4) is 0 Å². The molecule has 0 atom stereocenters. The molecular weight excluding hydrogens is 238 g/mol. The second kappa shape index (κ2) is 4.61. The predicted octanol–water partition coefficient (Wildman–Crippen LogP) is 3.39. The number of aromatic nitrogens is 1. The smallest absolute Gasteiger partial charge is 0.340 e. The van der Waals surface area contributed by atoms with E-state index < -0.39 is 0 Å². The maximum Gasteiger partial charge on any atom is 0.340 e. The molecule has 0 aliphatic carbocycles. The lowest BCUT2D eigenvalue weighted by Gasteiger charge is -2.03. The fraction of sp³-hybridized carbons (Fsp3) is 0.0625. The number of methoxy groups -OCH3 is 1. The first kappa shape index (κ1) is 11.5. The fourth-order valence-corrected chi connectivity index (χ4v) is 2.30. The molecule has 0 amide bonds. The van der Waals surface area contributed by atoms with Crippen molar-refractivity contribution in [1.29, 1.82) is 0 Å². The van der Waals surface area contributed by atoms with Gasteiger partial charge in [-0.25, -0.2) is 4.79 Å². The molecule has 0 unspecified atom stereocenters. The summed E-state index contributed by atoms with van der Waals surface area (Å²) in [6, 6.07) is 15.8. The SMILES string of the molecule is COC(=O)c1cn2ccccc2c1-c1ccccc1. The Morgan fingerprint density at radius 2 is 1.79 bits per heavy atom. The molecule has 0 N–H and O–H groups in total. The minimum Gasteiger partial charge on any atom is -0.465 e. The van der Waals surface area contributed by atoms with Gasteiger partial charge in [0.1, 0.15) is 0 Å². The lowest BCUT2D eigenvalue weighted by Crippen LogP contribution is -2.01. The highest BCUT2D eigenvalue weighted by atomic mass is 16.5. The van der Waals surface area contributed by atoms with Crippen LogP contribution in [0.2, 0.25) is 0 Å². The molecule has 0 aliphatic heterocycles. The number of benzene rings is 1. The van der Waals surface area contributed by atoms with Crippen molar-refractivity contribution >= 4 is 11.5 Å². The summed E-state index contributed by atoms with van der Waals surface area (Å²) in [7, 11) is 1.40. The molecule has 2 heterocycles. The molecule has 0 fully saturated rings. The normalized spacial score (nSPS) is 10.6. The molecule has 0 spiro atoms. The van der Waals surface area contributed by atoms with Crippen LogP contribution in [0, 0.1) is 0 Å². The number of rotatable bonds is 2. The Morgan fingerprint density at radius 1 is 1.05 bits per heavy atom. The summed E-state index contributed by atoms with van der Waals surface area (Å²) >= 11 is 0. The summed E-state index contributed by atoms with van der Waals surface area (Å²) < 4.78 is 6.81. The van der Waals surface area contributed by atoms with Gasteiger partial charge in [-0.2, -0.15) is 0 Å². The molecule has 0 aliphatic rings. The van der Waals surface area contributed by atoms with Crippen molar-refractivity contribution < 1.29 is 9.53 Å². The summed E-state index contributed by atoms with van der Waals surface area (Å²) in [5.74, 6) is -0.317. The van der Waals surface area contributed by atoms with Gasteiger partial charge >= 0.3 is 5.97 Å². The summed E-state index contributed by atoms with van der Waals surface area (Å²) in [5.41, 5.74) is 3.50. The predicted molar refractivity (Wildman–Crippen MR) is 74.2 cm³/mol. The highest BCUT2D eigenvalue weighted by molar-refractivity contribution is 6.02. The first-order chi connectivity index (χ1) is 9.31. The largest absolute Gasteiger partial charge is 0.465 e. The van der Waals surface area contributed by atoms with Crippen molar-refractivity contribution in [2.24, 2.45) is 0 Å². The number of carbonyl (C=O) groups excluding carboxylic acids is 1. The maximum absolute atomic E-state index is 11.9. The van der Waals surface area contributed by atoms with Crippen molar-refractivity contribution in [1.82, 2.24) is 4.40 Å². The van der Waals surface area contributed by atoms with E-state index in [-0.39, 0.29) is 5.97 Å². The maximum atomic E-state index is 11.9. The number of pyridine rings is 1. The number of hydrogen-bond acceptors (Lipinski definition) is 2. The van der Waals surface area contributed by atoms with Crippen LogP contribution in [0.5, 0.6) is 0 Å². The Morgan fingerprint density at radius 3 is 2.53 bits per heavy atom. The average Bonchev–Trinajstić information content (AvgIpc) is 2.86. The van der Waals surface area contributed by atoms with E-state index in [0.29, 0.717) is 5.56 Å². The van der Waals surface area contributed by atoms with Gasteiger partial charge < -0.3 is 9.14 Å². The molecule has 3 nitrogen and oxygen atoms in total. The third kappa shape index (κ3) is 1.89. The standard InChI is InChI=1S/C16H13NO2/c1-19-16(18)13-11-17-10-6-5-9-14(17)15(13)12-7-3-2-4-8-12/h2-11H,1H3. The first-order valence-electron chi connectivity index (χ1n) is 6.04. The molecule has 3 aromatic rings. The summed E-state index contributed by atoms with van der Waals surface area (Å²) in [4.78, 5) is 11.9. The van der Waals surface area contributed by atoms with Gasteiger partial charge in [0.25, 0.3) is 0 Å². The van der Waals surface area contributed by atoms with Gasteiger partial charge in [0.15, 0.2) is 0 Å². The third-order valence-electron chi connectivity index (χ3n) is 3.15. The number of carbonyl (C=O) groups is 1. The molecule has 1 aromatic carbocycles. The van der Waals surface area contributed by atoms with Gasteiger partial charge in [-0.15, -0.1) is 0 Å². The van der Waals surface area contributed by atoms with Crippen LogP contribution in [0.15, 0.2) is 60.9 Å². The zero-order valence-corrected chi connectivity index (χ0v) is 10.5. The van der Waals surface area contributed by atoms with Crippen molar-refractivity contribution in [3.05, 3.63) is 66.5 Å². The van der Waals surface area contributed by atoms with E-state index in [4.69, 9.17) is 4.74 Å².